The molecule has 1 heterocycles. The van der Waals surface area contributed by atoms with Crippen molar-refractivity contribution in [1.82, 2.24) is 9.80 Å². The molecule has 0 aromatic heterocycles. The fraction of sp³-hybridized carbons (Fsp3) is 0.286. The van der Waals surface area contributed by atoms with E-state index in [-0.39, 0.29) is 30.8 Å². The van der Waals surface area contributed by atoms with Crippen LogP contribution in [0.15, 0.2) is 60.7 Å². The summed E-state index contributed by atoms with van der Waals surface area (Å²) >= 11 is 0. The summed E-state index contributed by atoms with van der Waals surface area (Å²) in [4.78, 5) is 40.4. The molecular formula is C21H22N2O4. The molecule has 2 aromatic carbocycles. The zero-order chi connectivity index (χ0) is 19.4. The topological polar surface area (TPSA) is 77.9 Å². The van der Waals surface area contributed by atoms with Gasteiger partial charge in [-0.3, -0.25) is 14.4 Å². The van der Waals surface area contributed by atoms with Gasteiger partial charge in [0.15, 0.2) is 0 Å². The molecule has 3 rings (SSSR count). The molecule has 6 heteroatoms. The molecule has 0 aliphatic carbocycles. The first-order valence-corrected chi connectivity index (χ1v) is 8.91. The zero-order valence-electron chi connectivity index (χ0n) is 15.1. The lowest BCUT2D eigenvalue weighted by atomic mass is 10.0. The lowest BCUT2D eigenvalue weighted by molar-refractivity contribution is -0.138. The molecule has 0 unspecified atom stereocenters. The van der Waals surface area contributed by atoms with Crippen molar-refractivity contribution in [2.45, 2.75) is 25.4 Å². The summed E-state index contributed by atoms with van der Waals surface area (Å²) in [6, 6.07) is 16.9. The van der Waals surface area contributed by atoms with Gasteiger partial charge in [0.05, 0.1) is 12.5 Å². The highest BCUT2D eigenvalue weighted by Gasteiger charge is 2.38. The first-order valence-electron chi connectivity index (χ1n) is 8.91. The number of amides is 2. The smallest absolute Gasteiger partial charge is 0.305 e. The van der Waals surface area contributed by atoms with Crippen molar-refractivity contribution in [2.75, 3.05) is 13.1 Å². The van der Waals surface area contributed by atoms with E-state index in [4.69, 9.17) is 0 Å². The molecule has 6 nitrogen and oxygen atoms in total. The fourth-order valence-electron chi connectivity index (χ4n) is 3.44. The van der Waals surface area contributed by atoms with Crippen LogP contribution in [0.5, 0.6) is 0 Å². The van der Waals surface area contributed by atoms with E-state index in [1.807, 2.05) is 19.1 Å². The number of benzene rings is 2. The van der Waals surface area contributed by atoms with Crippen LogP contribution in [0.2, 0.25) is 0 Å². The average molecular weight is 366 g/mol. The summed E-state index contributed by atoms with van der Waals surface area (Å²) in [7, 11) is 0. The van der Waals surface area contributed by atoms with Crippen molar-refractivity contribution < 1.29 is 19.5 Å². The Kier molecular flexibility index (Phi) is 5.54. The van der Waals surface area contributed by atoms with Crippen LogP contribution in [-0.4, -0.2) is 57.9 Å². The van der Waals surface area contributed by atoms with Crippen molar-refractivity contribution in [3.05, 3.63) is 71.8 Å². The van der Waals surface area contributed by atoms with E-state index < -0.39 is 12.0 Å². The van der Waals surface area contributed by atoms with Crippen molar-refractivity contribution >= 4 is 17.8 Å². The van der Waals surface area contributed by atoms with E-state index in [1.54, 1.807) is 58.3 Å². The van der Waals surface area contributed by atoms with Gasteiger partial charge >= 0.3 is 5.97 Å². The van der Waals surface area contributed by atoms with E-state index in [1.165, 1.54) is 0 Å². The number of carboxylic acids is 1. The summed E-state index contributed by atoms with van der Waals surface area (Å²) in [5, 5.41) is 9.30. The number of aliphatic carboxylic acids is 1. The predicted octanol–water partition coefficient (Wildman–Crippen LogP) is 2.52. The summed E-state index contributed by atoms with van der Waals surface area (Å²) in [5.41, 5.74) is 1.07. The van der Waals surface area contributed by atoms with Crippen molar-refractivity contribution in [2.24, 2.45) is 0 Å². The van der Waals surface area contributed by atoms with Crippen molar-refractivity contribution in [1.29, 1.82) is 0 Å². The first-order chi connectivity index (χ1) is 13.0. The van der Waals surface area contributed by atoms with Crippen LogP contribution in [0.1, 0.15) is 34.1 Å². The minimum atomic E-state index is -0.993. The maximum atomic E-state index is 12.9. The summed E-state index contributed by atoms with van der Waals surface area (Å²) < 4.78 is 0. The van der Waals surface area contributed by atoms with Gasteiger partial charge in [0.25, 0.3) is 11.8 Å². The van der Waals surface area contributed by atoms with Crippen LogP contribution in [0.4, 0.5) is 0 Å². The monoisotopic (exact) mass is 366 g/mol. The van der Waals surface area contributed by atoms with Gasteiger partial charge in [-0.25, -0.2) is 0 Å². The lowest BCUT2D eigenvalue weighted by Gasteiger charge is -2.45. The molecule has 1 fully saturated rings. The number of hydrogen-bond donors (Lipinski definition) is 1. The van der Waals surface area contributed by atoms with Gasteiger partial charge in [-0.2, -0.15) is 0 Å². The number of carbonyl (C=O) groups is 3. The second kappa shape index (κ2) is 8.03. The average Bonchev–Trinajstić information content (AvgIpc) is 2.69. The molecule has 0 radical (unpaired) electrons. The number of carbonyl (C=O) groups excluding carboxylic acids is 2. The molecule has 1 aliphatic rings. The van der Waals surface area contributed by atoms with E-state index >= 15 is 0 Å². The molecule has 2 aromatic rings. The summed E-state index contributed by atoms with van der Waals surface area (Å²) in [5.74, 6) is -1.35. The Balaban J connectivity index is 1.84. The Hall–Kier alpha value is -3.15. The highest BCUT2D eigenvalue weighted by Crippen LogP contribution is 2.22. The van der Waals surface area contributed by atoms with Crippen LogP contribution in [0.3, 0.4) is 0 Å². The van der Waals surface area contributed by atoms with Gasteiger partial charge in [0.2, 0.25) is 0 Å². The quantitative estimate of drug-likeness (QED) is 0.902. The van der Waals surface area contributed by atoms with Gasteiger partial charge in [-0.15, -0.1) is 0 Å². The zero-order valence-corrected chi connectivity index (χ0v) is 15.1. The third-order valence-corrected chi connectivity index (χ3v) is 4.81. The molecule has 2 atom stereocenters. The third-order valence-electron chi connectivity index (χ3n) is 4.81. The van der Waals surface area contributed by atoms with Crippen LogP contribution in [0, 0.1) is 0 Å². The number of piperazine rings is 1. The molecule has 27 heavy (non-hydrogen) atoms. The minimum Gasteiger partial charge on any atom is -0.481 e. The minimum absolute atomic E-state index is 0.148. The molecule has 1 aliphatic heterocycles. The Morgan fingerprint density at radius 3 is 1.81 bits per heavy atom. The molecule has 0 spiro atoms. The normalized spacial score (nSPS) is 19.6. The Labute approximate surface area is 158 Å². The molecule has 140 valence electrons. The SMILES string of the molecule is C[C@@H]1CN(C(=O)c2ccccc2)[C@@H](CC(=O)O)CN1C(=O)c1ccccc1. The Bertz CT molecular complexity index is 823. The van der Waals surface area contributed by atoms with E-state index in [0.717, 1.165) is 0 Å². The fourth-order valence-corrected chi connectivity index (χ4v) is 3.44. The van der Waals surface area contributed by atoms with Gasteiger partial charge in [-0.05, 0) is 31.2 Å². The highest BCUT2D eigenvalue weighted by atomic mass is 16.4. The Morgan fingerprint density at radius 2 is 1.33 bits per heavy atom. The second-order valence-corrected chi connectivity index (χ2v) is 6.75. The van der Waals surface area contributed by atoms with Crippen LogP contribution in [0.25, 0.3) is 0 Å². The predicted molar refractivity (Wildman–Crippen MR) is 100 cm³/mol. The van der Waals surface area contributed by atoms with Crippen molar-refractivity contribution in [3.8, 4) is 0 Å². The summed E-state index contributed by atoms with van der Waals surface area (Å²) in [6.45, 7) is 2.37. The molecule has 0 saturated carbocycles. The first kappa shape index (κ1) is 18.6. The molecule has 1 saturated heterocycles. The van der Waals surface area contributed by atoms with Gasteiger partial charge in [-0.1, -0.05) is 36.4 Å². The number of hydrogen-bond acceptors (Lipinski definition) is 3. The molecule has 0 bridgehead atoms. The van der Waals surface area contributed by atoms with Gasteiger partial charge in [0, 0.05) is 30.3 Å². The van der Waals surface area contributed by atoms with E-state index in [2.05, 4.69) is 0 Å². The lowest BCUT2D eigenvalue weighted by Crippen LogP contribution is -2.60. The molecule has 2 amide bonds. The van der Waals surface area contributed by atoms with Crippen LogP contribution in [-0.2, 0) is 4.79 Å². The third kappa shape index (κ3) is 4.16. The number of carboxylic acid groups (broad SMARTS) is 1. The number of rotatable bonds is 4. The maximum absolute atomic E-state index is 12.9. The van der Waals surface area contributed by atoms with E-state index in [0.29, 0.717) is 17.7 Å². The van der Waals surface area contributed by atoms with Crippen LogP contribution < -0.4 is 0 Å². The standard InChI is InChI=1S/C21H22N2O4/c1-15-13-23(21(27)17-10-6-3-7-11-17)18(12-19(24)25)14-22(15)20(26)16-8-4-2-5-9-16/h2-11,15,18H,12-14H2,1H3,(H,24,25)/t15-,18+/m1/s1. The highest BCUT2D eigenvalue weighted by molar-refractivity contribution is 5.96. The van der Waals surface area contributed by atoms with Gasteiger partial charge < -0.3 is 14.9 Å². The van der Waals surface area contributed by atoms with Gasteiger partial charge in [0.1, 0.15) is 0 Å². The van der Waals surface area contributed by atoms with E-state index in [9.17, 15) is 19.5 Å². The summed E-state index contributed by atoms with van der Waals surface area (Å²) in [6.07, 6.45) is -0.205. The van der Waals surface area contributed by atoms with Crippen LogP contribution >= 0.6 is 0 Å². The number of nitrogens with zero attached hydrogens (tertiary/aromatic N) is 2. The molecular weight excluding hydrogens is 344 g/mol. The maximum Gasteiger partial charge on any atom is 0.305 e. The largest absolute Gasteiger partial charge is 0.481 e. The molecule has 1 N–H and O–H groups in total. The Morgan fingerprint density at radius 1 is 0.852 bits per heavy atom. The van der Waals surface area contributed by atoms with Crippen molar-refractivity contribution in [3.63, 3.8) is 0 Å². The second-order valence-electron chi connectivity index (χ2n) is 6.75.